The summed E-state index contributed by atoms with van der Waals surface area (Å²) in [7, 11) is -3.29. The standard InChI is InChI=1S/C34H31NO3S.C7H9NO3S/c36-34(35-38-33-7-3-4-20-37-33)24-10-8-23(9-11-24)31-18-19-32(39-31)26-14-15-28-25(21-26)13-17-29-27-6-2-1-5-22(27)12-16-30(28)29;8-7(9)5-6-3-1-2-4-12(6,10)11/h1-2,5-6,8-11,13,17-19,21,33H,3-4,7,12,14-16,20H2,(H,35,36);1-4,6H,5H2,(H2,8,9). The van der Waals surface area contributed by atoms with Crippen molar-refractivity contribution < 1.29 is 27.6 Å². The van der Waals surface area contributed by atoms with Crippen LogP contribution < -0.4 is 11.2 Å². The number of allylic oxidation sites excluding steroid dienone is 3. The van der Waals surface area contributed by atoms with Crippen LogP contribution >= 0.6 is 11.3 Å². The highest BCUT2D eigenvalue weighted by Gasteiger charge is 2.25. The lowest BCUT2D eigenvalue weighted by atomic mass is 9.78. The van der Waals surface area contributed by atoms with E-state index in [0.717, 1.165) is 55.9 Å². The minimum absolute atomic E-state index is 0.150. The van der Waals surface area contributed by atoms with E-state index in [1.54, 1.807) is 11.6 Å². The van der Waals surface area contributed by atoms with Crippen LogP contribution in [0.1, 0.15) is 69.6 Å². The number of hydrogen-bond acceptors (Lipinski definition) is 7. The minimum atomic E-state index is -3.29. The van der Waals surface area contributed by atoms with E-state index in [0.29, 0.717) is 12.2 Å². The fraction of sp³-hybridized carbons (Fsp3) is 0.268. The van der Waals surface area contributed by atoms with Crippen LogP contribution in [-0.4, -0.2) is 38.4 Å². The van der Waals surface area contributed by atoms with Crippen molar-refractivity contribution in [1.29, 1.82) is 0 Å². The highest BCUT2D eigenvalue weighted by molar-refractivity contribution is 7.95. The maximum Gasteiger partial charge on any atom is 0.274 e. The maximum atomic E-state index is 12.5. The smallest absolute Gasteiger partial charge is 0.274 e. The zero-order valence-corrected chi connectivity index (χ0v) is 29.8. The summed E-state index contributed by atoms with van der Waals surface area (Å²) >= 11 is 1.82. The zero-order chi connectivity index (χ0) is 35.4. The Bertz CT molecular complexity index is 2140. The second kappa shape index (κ2) is 15.3. The van der Waals surface area contributed by atoms with Gasteiger partial charge in [-0.05, 0) is 107 Å². The topological polar surface area (TPSA) is 125 Å². The molecule has 3 aromatic carbocycles. The van der Waals surface area contributed by atoms with Gasteiger partial charge in [-0.2, -0.15) is 0 Å². The summed E-state index contributed by atoms with van der Waals surface area (Å²) in [5, 5.41) is 0.306. The number of amides is 2. The summed E-state index contributed by atoms with van der Waals surface area (Å²) in [5.74, 6) is -0.858. The van der Waals surface area contributed by atoms with Crippen LogP contribution in [0.3, 0.4) is 0 Å². The van der Waals surface area contributed by atoms with Gasteiger partial charge in [0.15, 0.2) is 16.1 Å². The summed E-state index contributed by atoms with van der Waals surface area (Å²) in [4.78, 5) is 30.9. The minimum Gasteiger partial charge on any atom is -0.370 e. The molecule has 0 bridgehead atoms. The van der Waals surface area contributed by atoms with Crippen molar-refractivity contribution >= 4 is 44.6 Å². The molecule has 8 rings (SSSR count). The van der Waals surface area contributed by atoms with Gasteiger partial charge in [-0.15, -0.1) is 11.3 Å². The summed E-state index contributed by atoms with van der Waals surface area (Å²) in [6.07, 6.45) is 13.7. The number of fused-ring (bicyclic) bond motifs is 5. The normalized spacial score (nSPS) is 19.7. The number of aryl methyl sites for hydroxylation is 1. The molecule has 1 fully saturated rings. The SMILES string of the molecule is NC(=O)CC1C=CC=CS1(=O)=O.O=C(NOC1CCCCO1)c1ccc(-c2ccc(C3=Cc4ccc5c(c4CC3)CCc3ccccc3-5)s2)cc1. The van der Waals surface area contributed by atoms with Crippen molar-refractivity contribution in [3.05, 3.63) is 129 Å². The van der Waals surface area contributed by atoms with Crippen molar-refractivity contribution in [2.24, 2.45) is 5.73 Å². The Labute approximate surface area is 302 Å². The first kappa shape index (κ1) is 34.8. The number of rotatable bonds is 7. The van der Waals surface area contributed by atoms with Gasteiger partial charge in [0, 0.05) is 40.2 Å². The molecular formula is C41H40N2O6S2. The summed E-state index contributed by atoms with van der Waals surface area (Å²) < 4.78 is 27.9. The molecule has 3 N–H and O–H groups in total. The first-order valence-electron chi connectivity index (χ1n) is 17.3. The molecule has 51 heavy (non-hydrogen) atoms. The lowest BCUT2D eigenvalue weighted by Gasteiger charge is -2.26. The average Bonchev–Trinajstić information content (AvgIpc) is 3.65. The third-order valence-corrected chi connectivity index (χ3v) is 12.6. The van der Waals surface area contributed by atoms with Gasteiger partial charge in [0.2, 0.25) is 5.91 Å². The van der Waals surface area contributed by atoms with Crippen LogP contribution in [0, 0.1) is 0 Å². The van der Waals surface area contributed by atoms with E-state index < -0.39 is 21.0 Å². The molecule has 262 valence electrons. The van der Waals surface area contributed by atoms with Gasteiger partial charge in [-0.3, -0.25) is 9.59 Å². The molecule has 2 amide bonds. The number of sulfone groups is 1. The van der Waals surface area contributed by atoms with Crippen molar-refractivity contribution in [3.8, 4) is 21.6 Å². The molecule has 3 heterocycles. The van der Waals surface area contributed by atoms with Gasteiger partial charge in [0.05, 0.1) is 5.25 Å². The molecule has 0 saturated carbocycles. The number of nitrogens with one attached hydrogen (secondary N) is 1. The van der Waals surface area contributed by atoms with Crippen molar-refractivity contribution in [2.75, 3.05) is 6.61 Å². The third-order valence-electron chi connectivity index (χ3n) is 9.70. The second-order valence-electron chi connectivity index (χ2n) is 13.1. The molecule has 1 saturated heterocycles. The van der Waals surface area contributed by atoms with Gasteiger partial charge >= 0.3 is 0 Å². The largest absolute Gasteiger partial charge is 0.370 e. The van der Waals surface area contributed by atoms with Crippen LogP contribution in [0.25, 0.3) is 33.2 Å². The molecule has 2 unspecified atom stereocenters. The van der Waals surface area contributed by atoms with Crippen molar-refractivity contribution in [2.45, 2.75) is 62.9 Å². The van der Waals surface area contributed by atoms with Crippen molar-refractivity contribution in [3.63, 3.8) is 0 Å². The fourth-order valence-electron chi connectivity index (χ4n) is 7.02. The highest BCUT2D eigenvalue weighted by Crippen LogP contribution is 2.42. The molecule has 0 spiro atoms. The lowest BCUT2D eigenvalue weighted by molar-refractivity contribution is -0.186. The number of carbonyl (C=O) groups excluding carboxylic acids is 2. The fourth-order valence-corrected chi connectivity index (χ4v) is 9.30. The molecule has 2 atom stereocenters. The first-order valence-corrected chi connectivity index (χ1v) is 19.8. The quantitative estimate of drug-likeness (QED) is 0.190. The van der Waals surface area contributed by atoms with E-state index in [-0.39, 0.29) is 18.6 Å². The Hall–Kier alpha value is -4.61. The number of carbonyl (C=O) groups is 2. The summed E-state index contributed by atoms with van der Waals surface area (Å²) in [6.45, 7) is 0.679. The summed E-state index contributed by atoms with van der Waals surface area (Å²) in [6, 6.07) is 25.7. The monoisotopic (exact) mass is 720 g/mol. The van der Waals surface area contributed by atoms with Crippen LogP contribution in [0.15, 0.2) is 96.4 Å². The molecular weight excluding hydrogens is 681 g/mol. The van der Waals surface area contributed by atoms with Gasteiger partial charge in [0.1, 0.15) is 0 Å². The number of nitrogens with two attached hydrogens (primary N) is 1. The maximum absolute atomic E-state index is 12.5. The molecule has 4 aromatic rings. The lowest BCUT2D eigenvalue weighted by Crippen LogP contribution is -2.33. The number of benzene rings is 3. The van der Waals surface area contributed by atoms with E-state index in [9.17, 15) is 18.0 Å². The number of ether oxygens (including phenoxy) is 1. The molecule has 2 aliphatic carbocycles. The van der Waals surface area contributed by atoms with Gasteiger partial charge in [0.25, 0.3) is 5.91 Å². The first-order chi connectivity index (χ1) is 24.7. The molecule has 1 aromatic heterocycles. The summed E-state index contributed by atoms with van der Waals surface area (Å²) in [5.41, 5.74) is 19.3. The Kier molecular flexibility index (Phi) is 10.5. The predicted molar refractivity (Wildman–Crippen MR) is 202 cm³/mol. The predicted octanol–water partition coefficient (Wildman–Crippen LogP) is 7.58. The number of thiophene rings is 1. The van der Waals surface area contributed by atoms with Gasteiger partial charge in [-0.25, -0.2) is 18.7 Å². The number of hydrogen-bond donors (Lipinski definition) is 2. The van der Waals surface area contributed by atoms with E-state index in [2.05, 4.69) is 60.1 Å². The van der Waals surface area contributed by atoms with Crippen LogP contribution in [0.5, 0.6) is 0 Å². The van der Waals surface area contributed by atoms with Gasteiger partial charge in [-0.1, -0.05) is 72.8 Å². The molecule has 10 heteroatoms. The van der Waals surface area contributed by atoms with E-state index in [1.807, 2.05) is 35.6 Å². The number of hydroxylamine groups is 1. The van der Waals surface area contributed by atoms with Crippen LogP contribution in [-0.2, 0) is 43.5 Å². The van der Waals surface area contributed by atoms with Crippen LogP contribution in [0.2, 0.25) is 0 Å². The Morgan fingerprint density at radius 1 is 0.863 bits per heavy atom. The Balaban J connectivity index is 0.000000289. The second-order valence-corrected chi connectivity index (χ2v) is 16.2. The highest BCUT2D eigenvalue weighted by atomic mass is 32.2. The average molecular weight is 721 g/mol. The molecule has 2 aliphatic heterocycles. The van der Waals surface area contributed by atoms with Crippen molar-refractivity contribution in [1.82, 2.24) is 5.48 Å². The zero-order valence-electron chi connectivity index (χ0n) is 28.2. The Morgan fingerprint density at radius 2 is 1.67 bits per heavy atom. The van der Waals surface area contributed by atoms with E-state index in [4.69, 9.17) is 15.3 Å². The molecule has 0 radical (unpaired) electrons. The van der Waals surface area contributed by atoms with E-state index >= 15 is 0 Å². The third kappa shape index (κ3) is 7.99. The van der Waals surface area contributed by atoms with E-state index in [1.165, 1.54) is 55.3 Å². The van der Waals surface area contributed by atoms with Crippen LogP contribution in [0.4, 0.5) is 0 Å². The molecule has 4 aliphatic rings. The molecule has 8 nitrogen and oxygen atoms in total. The van der Waals surface area contributed by atoms with Gasteiger partial charge < -0.3 is 10.5 Å². The number of primary amides is 1. The Morgan fingerprint density at radius 3 is 2.45 bits per heavy atom.